The van der Waals surface area contributed by atoms with E-state index in [1.165, 1.54) is 9.36 Å². The van der Waals surface area contributed by atoms with Crippen molar-refractivity contribution in [2.24, 2.45) is 7.05 Å². The Labute approximate surface area is 177 Å². The normalized spacial score (nSPS) is 11.3. The summed E-state index contributed by atoms with van der Waals surface area (Å²) in [4.78, 5) is 12.4. The van der Waals surface area contributed by atoms with Gasteiger partial charge in [-0.15, -0.1) is 5.10 Å². The number of halogens is 1. The summed E-state index contributed by atoms with van der Waals surface area (Å²) in [6.45, 7) is 2.14. The second kappa shape index (κ2) is 8.38. The van der Waals surface area contributed by atoms with Crippen LogP contribution in [0.4, 0.5) is 0 Å². The van der Waals surface area contributed by atoms with Gasteiger partial charge in [-0.3, -0.25) is 0 Å². The smallest absolute Gasteiger partial charge is 0.368 e. The zero-order valence-electron chi connectivity index (χ0n) is 16.4. The Hall–Kier alpha value is -3.65. The maximum Gasteiger partial charge on any atom is 0.368 e. The van der Waals surface area contributed by atoms with Gasteiger partial charge in [-0.25, -0.2) is 9.48 Å². The number of ether oxygens (including phenoxy) is 1. The fourth-order valence-corrected chi connectivity index (χ4v) is 3.14. The Bertz CT molecular complexity index is 1250. The average Bonchev–Trinajstić information content (AvgIpc) is 3.35. The van der Waals surface area contributed by atoms with Gasteiger partial charge in [0, 0.05) is 29.9 Å². The minimum Gasteiger partial charge on any atom is -0.472 e. The van der Waals surface area contributed by atoms with Crippen LogP contribution in [0, 0.1) is 0 Å². The Balaban J connectivity index is 1.64. The topological polar surface area (TPSA) is 79.8 Å². The molecule has 0 aliphatic heterocycles. The SMILES string of the molecule is C/C=C\c1cccc(-n2nnn(C)c2=O)c1COc1ccn(-c2ccc(Cl)cc2)n1. The molecule has 4 rings (SSSR count). The molecule has 0 spiro atoms. The maximum absolute atomic E-state index is 12.4. The van der Waals surface area contributed by atoms with Crippen molar-refractivity contribution in [2.45, 2.75) is 13.5 Å². The molecule has 2 aromatic heterocycles. The van der Waals surface area contributed by atoms with Gasteiger partial charge in [0.15, 0.2) is 0 Å². The van der Waals surface area contributed by atoms with Crippen LogP contribution < -0.4 is 10.4 Å². The fourth-order valence-electron chi connectivity index (χ4n) is 3.02. The Morgan fingerprint density at radius 3 is 2.60 bits per heavy atom. The van der Waals surface area contributed by atoms with Gasteiger partial charge < -0.3 is 4.74 Å². The molecule has 0 bridgehead atoms. The lowest BCUT2D eigenvalue weighted by atomic mass is 10.1. The molecule has 0 amide bonds. The van der Waals surface area contributed by atoms with Crippen LogP contribution in [0.3, 0.4) is 0 Å². The predicted octanol–water partition coefficient (Wildman–Crippen LogP) is 3.42. The molecule has 0 fully saturated rings. The molecule has 0 atom stereocenters. The summed E-state index contributed by atoms with van der Waals surface area (Å²) in [6, 6.07) is 14.8. The van der Waals surface area contributed by atoms with E-state index in [2.05, 4.69) is 15.5 Å². The second-order valence-electron chi connectivity index (χ2n) is 6.51. The van der Waals surface area contributed by atoms with E-state index in [0.717, 1.165) is 16.8 Å². The van der Waals surface area contributed by atoms with Gasteiger partial charge in [0.1, 0.15) is 6.61 Å². The van der Waals surface area contributed by atoms with Crippen LogP contribution in [0.5, 0.6) is 5.88 Å². The van der Waals surface area contributed by atoms with Crippen LogP contribution in [-0.4, -0.2) is 29.6 Å². The lowest BCUT2D eigenvalue weighted by molar-refractivity contribution is 0.291. The Morgan fingerprint density at radius 1 is 1.10 bits per heavy atom. The van der Waals surface area contributed by atoms with E-state index < -0.39 is 0 Å². The molecular formula is C21H19ClN6O2. The highest BCUT2D eigenvalue weighted by atomic mass is 35.5. The van der Waals surface area contributed by atoms with Gasteiger partial charge in [-0.2, -0.15) is 9.36 Å². The van der Waals surface area contributed by atoms with E-state index in [4.69, 9.17) is 16.3 Å². The molecule has 0 unspecified atom stereocenters. The monoisotopic (exact) mass is 422 g/mol. The third-order valence-corrected chi connectivity index (χ3v) is 4.76. The summed E-state index contributed by atoms with van der Waals surface area (Å²) < 4.78 is 10.1. The van der Waals surface area contributed by atoms with Crippen molar-refractivity contribution >= 4 is 17.7 Å². The predicted molar refractivity (Wildman–Crippen MR) is 114 cm³/mol. The number of tetrazole rings is 1. The molecule has 0 saturated heterocycles. The van der Waals surface area contributed by atoms with Crippen molar-refractivity contribution in [2.75, 3.05) is 0 Å². The number of nitrogens with zero attached hydrogens (tertiary/aromatic N) is 6. The first-order chi connectivity index (χ1) is 14.6. The summed E-state index contributed by atoms with van der Waals surface area (Å²) in [5.74, 6) is 0.456. The first-order valence-corrected chi connectivity index (χ1v) is 9.63. The van der Waals surface area contributed by atoms with E-state index in [1.54, 1.807) is 29.9 Å². The quantitative estimate of drug-likeness (QED) is 0.475. The summed E-state index contributed by atoms with van der Waals surface area (Å²) in [6.07, 6.45) is 5.69. The molecule has 2 heterocycles. The summed E-state index contributed by atoms with van der Waals surface area (Å²) in [7, 11) is 1.56. The number of hydrogen-bond donors (Lipinski definition) is 0. The van der Waals surface area contributed by atoms with E-state index in [0.29, 0.717) is 16.6 Å². The highest BCUT2D eigenvalue weighted by Gasteiger charge is 2.15. The van der Waals surface area contributed by atoms with Crippen molar-refractivity contribution in [3.63, 3.8) is 0 Å². The van der Waals surface area contributed by atoms with Gasteiger partial charge in [0.2, 0.25) is 5.88 Å². The summed E-state index contributed by atoms with van der Waals surface area (Å²) in [5, 5.41) is 12.9. The zero-order valence-corrected chi connectivity index (χ0v) is 17.2. The molecule has 0 aliphatic rings. The highest BCUT2D eigenvalue weighted by Crippen LogP contribution is 2.22. The van der Waals surface area contributed by atoms with Gasteiger partial charge in [0.25, 0.3) is 0 Å². The summed E-state index contributed by atoms with van der Waals surface area (Å²) in [5.41, 5.74) is 2.88. The molecule has 2 aromatic carbocycles. The average molecular weight is 423 g/mol. The number of aromatic nitrogens is 6. The Morgan fingerprint density at radius 2 is 1.90 bits per heavy atom. The minimum atomic E-state index is -0.333. The lowest BCUT2D eigenvalue weighted by Gasteiger charge is -2.12. The first kappa shape index (κ1) is 19.7. The number of benzene rings is 2. The molecule has 8 nitrogen and oxygen atoms in total. The van der Waals surface area contributed by atoms with Gasteiger partial charge in [-0.1, -0.05) is 35.9 Å². The van der Waals surface area contributed by atoms with Gasteiger partial charge >= 0.3 is 5.69 Å². The molecule has 30 heavy (non-hydrogen) atoms. The largest absolute Gasteiger partial charge is 0.472 e. The number of hydrogen-bond acceptors (Lipinski definition) is 5. The zero-order chi connectivity index (χ0) is 21.1. The molecule has 0 N–H and O–H groups in total. The number of aryl methyl sites for hydroxylation is 1. The lowest BCUT2D eigenvalue weighted by Crippen LogP contribution is -2.23. The van der Waals surface area contributed by atoms with Crippen LogP contribution in [0.1, 0.15) is 18.1 Å². The standard InChI is InChI=1S/C21H19ClN6O2/c1-3-5-15-6-4-7-19(28-21(29)26(2)24-25-28)18(15)14-30-20-12-13-27(23-20)17-10-8-16(22)9-11-17/h3-13H,14H2,1-2H3/b5-3-. The van der Waals surface area contributed by atoms with Crippen LogP contribution >= 0.6 is 11.6 Å². The number of rotatable bonds is 6. The second-order valence-corrected chi connectivity index (χ2v) is 6.94. The van der Waals surface area contributed by atoms with Crippen molar-refractivity contribution in [3.05, 3.63) is 87.4 Å². The molecular weight excluding hydrogens is 404 g/mol. The highest BCUT2D eigenvalue weighted by molar-refractivity contribution is 6.30. The summed E-state index contributed by atoms with van der Waals surface area (Å²) >= 11 is 5.95. The fraction of sp³-hybridized carbons (Fsp3) is 0.143. The molecule has 0 aliphatic carbocycles. The van der Waals surface area contributed by atoms with Gasteiger partial charge in [0.05, 0.1) is 11.4 Å². The van der Waals surface area contributed by atoms with Crippen molar-refractivity contribution in [1.82, 2.24) is 29.6 Å². The van der Waals surface area contributed by atoms with Crippen LogP contribution in [-0.2, 0) is 13.7 Å². The first-order valence-electron chi connectivity index (χ1n) is 9.25. The van der Waals surface area contributed by atoms with Crippen LogP contribution in [0.15, 0.2) is 65.6 Å². The molecule has 4 aromatic rings. The third kappa shape index (κ3) is 3.90. The van der Waals surface area contributed by atoms with Crippen molar-refractivity contribution in [3.8, 4) is 17.3 Å². The minimum absolute atomic E-state index is 0.205. The molecule has 152 valence electrons. The molecule has 0 radical (unpaired) electrons. The van der Waals surface area contributed by atoms with Crippen molar-refractivity contribution in [1.29, 1.82) is 0 Å². The van der Waals surface area contributed by atoms with E-state index in [9.17, 15) is 4.79 Å². The molecule has 0 saturated carbocycles. The van der Waals surface area contributed by atoms with Crippen LogP contribution in [0.2, 0.25) is 5.02 Å². The van der Waals surface area contributed by atoms with Gasteiger partial charge in [-0.05, 0) is 53.2 Å². The van der Waals surface area contributed by atoms with Crippen molar-refractivity contribution < 1.29 is 4.74 Å². The number of allylic oxidation sites excluding steroid dienone is 1. The van der Waals surface area contributed by atoms with E-state index in [-0.39, 0.29) is 12.3 Å². The van der Waals surface area contributed by atoms with E-state index in [1.807, 2.05) is 55.6 Å². The third-order valence-electron chi connectivity index (χ3n) is 4.50. The van der Waals surface area contributed by atoms with E-state index >= 15 is 0 Å². The molecule has 9 heteroatoms. The Kier molecular flexibility index (Phi) is 5.49. The van der Waals surface area contributed by atoms with Crippen LogP contribution in [0.25, 0.3) is 17.5 Å². The maximum atomic E-state index is 12.4.